The van der Waals surface area contributed by atoms with Gasteiger partial charge in [0.1, 0.15) is 4.32 Å². The maximum absolute atomic E-state index is 12.0. The third kappa shape index (κ3) is 3.53. The zero-order valence-corrected chi connectivity index (χ0v) is 11.8. The van der Waals surface area contributed by atoms with Gasteiger partial charge in [0, 0.05) is 0 Å². The molecule has 19 heavy (non-hydrogen) atoms. The summed E-state index contributed by atoms with van der Waals surface area (Å²) in [6.07, 6.45) is 5.52. The van der Waals surface area contributed by atoms with Gasteiger partial charge >= 0.3 is 0 Å². The standard InChI is InChI=1S/C14H13NO2S2/c16-10-9-15-13(17)12(19-14(15)18)8-4-7-11-5-2-1-3-6-11/h1-8,16H,9-10H2/b7-4+,12-8-. The summed E-state index contributed by atoms with van der Waals surface area (Å²) in [5, 5.41) is 8.88. The van der Waals surface area contributed by atoms with E-state index in [2.05, 4.69) is 0 Å². The van der Waals surface area contributed by atoms with E-state index in [0.29, 0.717) is 9.23 Å². The van der Waals surface area contributed by atoms with Gasteiger partial charge in [-0.05, 0) is 11.6 Å². The van der Waals surface area contributed by atoms with Crippen LogP contribution in [0, 0.1) is 0 Å². The average molecular weight is 291 g/mol. The number of carbonyl (C=O) groups excluding carboxylic acids is 1. The van der Waals surface area contributed by atoms with Crippen LogP contribution in [0.2, 0.25) is 0 Å². The Bertz CT molecular complexity index is 538. The third-order valence-corrected chi connectivity index (χ3v) is 3.93. The van der Waals surface area contributed by atoms with Gasteiger partial charge in [0.05, 0.1) is 18.1 Å². The lowest BCUT2D eigenvalue weighted by atomic mass is 10.2. The predicted octanol–water partition coefficient (Wildman–Crippen LogP) is 2.44. The Morgan fingerprint density at radius 3 is 2.74 bits per heavy atom. The van der Waals surface area contributed by atoms with Crippen molar-refractivity contribution in [2.24, 2.45) is 0 Å². The summed E-state index contributed by atoms with van der Waals surface area (Å²) in [4.78, 5) is 14.0. The molecular weight excluding hydrogens is 278 g/mol. The predicted molar refractivity (Wildman–Crippen MR) is 82.5 cm³/mol. The van der Waals surface area contributed by atoms with Crippen molar-refractivity contribution in [3.63, 3.8) is 0 Å². The summed E-state index contributed by atoms with van der Waals surface area (Å²) >= 11 is 6.36. The van der Waals surface area contributed by atoms with Crippen LogP contribution in [0.5, 0.6) is 0 Å². The largest absolute Gasteiger partial charge is 0.395 e. The number of aliphatic hydroxyl groups excluding tert-OH is 1. The van der Waals surface area contributed by atoms with E-state index in [4.69, 9.17) is 17.3 Å². The molecule has 1 saturated heterocycles. The van der Waals surface area contributed by atoms with Crippen molar-refractivity contribution in [3.8, 4) is 0 Å². The molecule has 1 aliphatic rings. The van der Waals surface area contributed by atoms with Crippen LogP contribution in [0.1, 0.15) is 5.56 Å². The summed E-state index contributed by atoms with van der Waals surface area (Å²) in [6.45, 7) is 0.171. The minimum atomic E-state index is -0.137. The summed E-state index contributed by atoms with van der Waals surface area (Å²) in [6, 6.07) is 9.85. The van der Waals surface area contributed by atoms with Gasteiger partial charge in [-0.15, -0.1) is 0 Å². The number of allylic oxidation sites excluding steroid dienone is 2. The molecule has 0 aliphatic carbocycles. The number of nitrogens with zero attached hydrogens (tertiary/aromatic N) is 1. The second-order valence-corrected chi connectivity index (χ2v) is 5.52. The molecule has 0 aromatic heterocycles. The van der Waals surface area contributed by atoms with Crippen LogP contribution in [0.15, 0.2) is 47.4 Å². The zero-order valence-electron chi connectivity index (χ0n) is 10.2. The number of thioether (sulfide) groups is 1. The first-order valence-corrected chi connectivity index (χ1v) is 7.03. The van der Waals surface area contributed by atoms with Crippen LogP contribution in [-0.2, 0) is 4.79 Å². The Kier molecular flexibility index (Phi) is 4.90. The average Bonchev–Trinajstić information content (AvgIpc) is 2.68. The van der Waals surface area contributed by atoms with Gasteiger partial charge in [0.2, 0.25) is 0 Å². The Morgan fingerprint density at radius 1 is 1.32 bits per heavy atom. The number of β-amino-alcohol motifs (C(OH)–C–C–N with tert-alkyl or cyclic N) is 1. The lowest BCUT2D eigenvalue weighted by Crippen LogP contribution is -2.30. The summed E-state index contributed by atoms with van der Waals surface area (Å²) in [5.41, 5.74) is 1.07. The van der Waals surface area contributed by atoms with Crippen LogP contribution in [0.25, 0.3) is 6.08 Å². The molecule has 0 saturated carbocycles. The molecule has 1 heterocycles. The maximum atomic E-state index is 12.0. The quantitative estimate of drug-likeness (QED) is 0.683. The number of hydrogen-bond donors (Lipinski definition) is 1. The van der Waals surface area contributed by atoms with E-state index in [1.165, 1.54) is 16.7 Å². The number of hydrogen-bond acceptors (Lipinski definition) is 4. The minimum absolute atomic E-state index is 0.0838. The van der Waals surface area contributed by atoms with Gasteiger partial charge in [-0.1, -0.05) is 66.5 Å². The van der Waals surface area contributed by atoms with E-state index in [-0.39, 0.29) is 19.1 Å². The molecule has 1 aromatic rings. The van der Waals surface area contributed by atoms with Gasteiger partial charge < -0.3 is 5.11 Å². The molecule has 0 spiro atoms. The first-order valence-electron chi connectivity index (χ1n) is 5.80. The highest BCUT2D eigenvalue weighted by atomic mass is 32.2. The second kappa shape index (κ2) is 6.65. The molecule has 1 amide bonds. The smallest absolute Gasteiger partial charge is 0.266 e. The van der Waals surface area contributed by atoms with Crippen LogP contribution in [0.4, 0.5) is 0 Å². The minimum Gasteiger partial charge on any atom is -0.395 e. The number of thiocarbonyl (C=S) groups is 1. The highest BCUT2D eigenvalue weighted by molar-refractivity contribution is 8.26. The van der Waals surface area contributed by atoms with Crippen molar-refractivity contribution in [1.29, 1.82) is 0 Å². The van der Waals surface area contributed by atoms with Crippen molar-refractivity contribution in [3.05, 3.63) is 53.0 Å². The summed E-state index contributed by atoms with van der Waals surface area (Å²) in [5.74, 6) is -0.137. The molecule has 3 nitrogen and oxygen atoms in total. The highest BCUT2D eigenvalue weighted by Gasteiger charge is 2.30. The molecule has 5 heteroatoms. The maximum Gasteiger partial charge on any atom is 0.266 e. The van der Waals surface area contributed by atoms with E-state index in [9.17, 15) is 4.79 Å². The molecule has 0 atom stereocenters. The monoisotopic (exact) mass is 291 g/mol. The van der Waals surface area contributed by atoms with Gasteiger partial charge in [-0.25, -0.2) is 0 Å². The van der Waals surface area contributed by atoms with Crippen LogP contribution in [0.3, 0.4) is 0 Å². The summed E-state index contributed by atoms with van der Waals surface area (Å²) in [7, 11) is 0. The van der Waals surface area contributed by atoms with Crippen molar-refractivity contribution in [1.82, 2.24) is 4.90 Å². The molecule has 0 unspecified atom stereocenters. The van der Waals surface area contributed by atoms with Gasteiger partial charge in [-0.2, -0.15) is 0 Å². The van der Waals surface area contributed by atoms with Crippen molar-refractivity contribution < 1.29 is 9.90 Å². The molecule has 0 bridgehead atoms. The van der Waals surface area contributed by atoms with Crippen molar-refractivity contribution in [2.75, 3.05) is 13.2 Å². The first kappa shape index (κ1) is 14.0. The van der Waals surface area contributed by atoms with Crippen LogP contribution >= 0.6 is 24.0 Å². The fourth-order valence-electron chi connectivity index (χ4n) is 1.62. The lowest BCUT2D eigenvalue weighted by molar-refractivity contribution is -0.122. The number of aliphatic hydroxyl groups is 1. The Labute approximate surface area is 121 Å². The fraction of sp³-hybridized carbons (Fsp3) is 0.143. The van der Waals surface area contributed by atoms with E-state index in [0.717, 1.165) is 5.56 Å². The van der Waals surface area contributed by atoms with E-state index < -0.39 is 0 Å². The molecule has 1 aromatic carbocycles. The number of carbonyl (C=O) groups is 1. The number of rotatable bonds is 4. The zero-order chi connectivity index (χ0) is 13.7. The van der Waals surface area contributed by atoms with Crippen molar-refractivity contribution >= 4 is 40.3 Å². The molecule has 0 radical (unpaired) electrons. The molecule has 2 rings (SSSR count). The molecule has 98 valence electrons. The van der Waals surface area contributed by atoms with E-state index in [1.807, 2.05) is 42.5 Å². The normalized spacial score (nSPS) is 17.9. The molecular formula is C14H13NO2S2. The fourth-order valence-corrected chi connectivity index (χ4v) is 2.88. The van der Waals surface area contributed by atoms with Crippen LogP contribution < -0.4 is 0 Å². The summed E-state index contributed by atoms with van der Waals surface area (Å²) < 4.78 is 0.499. The Balaban J connectivity index is 2.07. The van der Waals surface area contributed by atoms with Crippen molar-refractivity contribution in [2.45, 2.75) is 0 Å². The number of benzene rings is 1. The molecule has 1 N–H and O–H groups in total. The van der Waals surface area contributed by atoms with E-state index in [1.54, 1.807) is 6.08 Å². The van der Waals surface area contributed by atoms with Crippen LogP contribution in [-0.4, -0.2) is 33.4 Å². The topological polar surface area (TPSA) is 40.5 Å². The highest BCUT2D eigenvalue weighted by Crippen LogP contribution is 2.30. The molecule has 1 aliphatic heterocycles. The Hall–Kier alpha value is -1.43. The SMILES string of the molecule is O=C1/C(=C/C=C/c2ccccc2)SC(=S)N1CCO. The van der Waals surface area contributed by atoms with Gasteiger partial charge in [0.15, 0.2) is 0 Å². The van der Waals surface area contributed by atoms with Gasteiger partial charge in [0.25, 0.3) is 5.91 Å². The number of amides is 1. The second-order valence-electron chi connectivity index (χ2n) is 3.85. The molecule has 1 fully saturated rings. The first-order chi connectivity index (χ1) is 9.22. The van der Waals surface area contributed by atoms with Gasteiger partial charge in [-0.3, -0.25) is 9.69 Å². The third-order valence-electron chi connectivity index (χ3n) is 2.53. The lowest BCUT2D eigenvalue weighted by Gasteiger charge is -2.11. The van der Waals surface area contributed by atoms with E-state index >= 15 is 0 Å². The Morgan fingerprint density at radius 2 is 2.05 bits per heavy atom.